The van der Waals surface area contributed by atoms with Gasteiger partial charge in [-0.3, -0.25) is 9.79 Å². The Morgan fingerprint density at radius 1 is 1.15 bits per heavy atom. The fraction of sp³-hybridized carbons (Fsp3) is 0.238. The fourth-order valence-electron chi connectivity index (χ4n) is 3.59. The first-order chi connectivity index (χ1) is 13.1. The number of carbonyl (C=O) groups is 1. The Hall–Kier alpha value is -3.28. The fourth-order valence-corrected chi connectivity index (χ4v) is 3.59. The zero-order valence-electron chi connectivity index (χ0n) is 14.9. The molecule has 138 valence electrons. The predicted octanol–water partition coefficient (Wildman–Crippen LogP) is 3.33. The van der Waals surface area contributed by atoms with Crippen LogP contribution in [0.3, 0.4) is 0 Å². The summed E-state index contributed by atoms with van der Waals surface area (Å²) in [5.41, 5.74) is 8.89. The number of aliphatic imine (C=N–C) groups is 1. The predicted molar refractivity (Wildman–Crippen MR) is 108 cm³/mol. The van der Waals surface area contributed by atoms with Gasteiger partial charge in [0.05, 0.1) is 11.3 Å². The molecule has 1 aliphatic rings. The van der Waals surface area contributed by atoms with Crippen LogP contribution in [0, 0.1) is 5.92 Å². The van der Waals surface area contributed by atoms with E-state index in [4.69, 9.17) is 5.73 Å². The van der Waals surface area contributed by atoms with Gasteiger partial charge in [-0.1, -0.05) is 18.2 Å². The molecule has 1 fully saturated rings. The van der Waals surface area contributed by atoms with Crippen molar-refractivity contribution in [3.05, 3.63) is 54.1 Å². The monoisotopic (exact) mass is 362 g/mol. The lowest BCUT2D eigenvalue weighted by molar-refractivity contribution is -0.122. The smallest absolute Gasteiger partial charge is 0.220 e. The first-order valence-corrected chi connectivity index (χ1v) is 9.10. The molecule has 0 bridgehead atoms. The van der Waals surface area contributed by atoms with Gasteiger partial charge in [0, 0.05) is 41.8 Å². The average Bonchev–Trinajstić information content (AvgIpc) is 3.02. The highest BCUT2D eigenvalue weighted by Crippen LogP contribution is 2.27. The maximum Gasteiger partial charge on any atom is 0.220 e. The standard InChI is InChI=1S/C21H22N4O2/c22-20(26)14-9-11-25(12-10-14)16-7-5-15(6-8-16)23-13-18-17-3-1-2-4-19(17)24-21(18)27/h1-8,13-14,24,27H,9-12H2,(H2,22,26). The molecule has 0 unspecified atom stereocenters. The van der Waals surface area contributed by atoms with E-state index in [1.807, 2.05) is 48.5 Å². The van der Waals surface area contributed by atoms with E-state index >= 15 is 0 Å². The normalized spacial score (nSPS) is 15.6. The summed E-state index contributed by atoms with van der Waals surface area (Å²) in [6.45, 7) is 1.67. The van der Waals surface area contributed by atoms with Crippen LogP contribution < -0.4 is 10.6 Å². The molecule has 0 atom stereocenters. The van der Waals surface area contributed by atoms with Crippen molar-refractivity contribution in [2.24, 2.45) is 16.6 Å². The van der Waals surface area contributed by atoms with Crippen LogP contribution in [0.15, 0.2) is 53.5 Å². The topological polar surface area (TPSA) is 94.7 Å². The molecule has 0 radical (unpaired) electrons. The van der Waals surface area contributed by atoms with Crippen molar-refractivity contribution in [1.82, 2.24) is 4.98 Å². The molecule has 1 amide bonds. The summed E-state index contributed by atoms with van der Waals surface area (Å²) in [4.78, 5) is 21.0. The summed E-state index contributed by atoms with van der Waals surface area (Å²) < 4.78 is 0. The highest BCUT2D eigenvalue weighted by Gasteiger charge is 2.23. The van der Waals surface area contributed by atoms with Gasteiger partial charge in [0.1, 0.15) is 0 Å². The second kappa shape index (κ2) is 7.15. The number of H-pyrrole nitrogens is 1. The van der Waals surface area contributed by atoms with Crippen molar-refractivity contribution >= 4 is 34.4 Å². The maximum absolute atomic E-state index is 11.3. The third-order valence-electron chi connectivity index (χ3n) is 5.18. The molecule has 0 spiro atoms. The second-order valence-corrected chi connectivity index (χ2v) is 6.87. The highest BCUT2D eigenvalue weighted by molar-refractivity contribution is 6.02. The van der Waals surface area contributed by atoms with E-state index in [2.05, 4.69) is 14.9 Å². The molecular weight excluding hydrogens is 340 g/mol. The Morgan fingerprint density at radius 2 is 1.85 bits per heavy atom. The molecule has 0 aliphatic carbocycles. The number of aromatic hydroxyl groups is 1. The van der Waals surface area contributed by atoms with Crippen LogP contribution in [-0.2, 0) is 4.79 Å². The zero-order chi connectivity index (χ0) is 18.8. The molecule has 6 heteroatoms. The number of piperidine rings is 1. The number of nitrogens with two attached hydrogens (primary N) is 1. The largest absolute Gasteiger partial charge is 0.494 e. The number of para-hydroxylation sites is 1. The number of anilines is 1. The van der Waals surface area contributed by atoms with Crippen LogP contribution in [0.5, 0.6) is 5.88 Å². The molecule has 27 heavy (non-hydrogen) atoms. The quantitative estimate of drug-likeness (QED) is 0.621. The average molecular weight is 362 g/mol. The molecule has 3 aromatic rings. The molecule has 4 rings (SSSR count). The summed E-state index contributed by atoms with van der Waals surface area (Å²) in [6, 6.07) is 15.7. The first-order valence-electron chi connectivity index (χ1n) is 9.10. The van der Waals surface area contributed by atoms with Crippen LogP contribution >= 0.6 is 0 Å². The summed E-state index contributed by atoms with van der Waals surface area (Å²) in [6.07, 6.45) is 3.28. The van der Waals surface area contributed by atoms with Gasteiger partial charge in [0.15, 0.2) is 5.88 Å². The van der Waals surface area contributed by atoms with Crippen molar-refractivity contribution in [3.8, 4) is 5.88 Å². The van der Waals surface area contributed by atoms with Gasteiger partial charge in [0.25, 0.3) is 0 Å². The van der Waals surface area contributed by atoms with Crippen LogP contribution in [0.4, 0.5) is 11.4 Å². The van der Waals surface area contributed by atoms with Gasteiger partial charge >= 0.3 is 0 Å². The Labute approximate surface area is 157 Å². The zero-order valence-corrected chi connectivity index (χ0v) is 14.9. The Balaban J connectivity index is 1.47. The molecule has 1 aromatic heterocycles. The molecule has 6 nitrogen and oxygen atoms in total. The van der Waals surface area contributed by atoms with Gasteiger partial charge in [0.2, 0.25) is 5.91 Å². The maximum atomic E-state index is 11.3. The number of carbonyl (C=O) groups excluding carboxylic acids is 1. The van der Waals surface area contributed by atoms with Gasteiger partial charge in [-0.15, -0.1) is 0 Å². The summed E-state index contributed by atoms with van der Waals surface area (Å²) in [7, 11) is 0. The molecular formula is C21H22N4O2. The number of nitrogens with zero attached hydrogens (tertiary/aromatic N) is 2. The van der Waals surface area contributed by atoms with Gasteiger partial charge in [-0.25, -0.2) is 0 Å². The lowest BCUT2D eigenvalue weighted by Crippen LogP contribution is -2.38. The number of primary amides is 1. The lowest BCUT2D eigenvalue weighted by Gasteiger charge is -2.32. The van der Waals surface area contributed by atoms with E-state index in [0.29, 0.717) is 5.56 Å². The molecule has 0 saturated carbocycles. The molecule has 4 N–H and O–H groups in total. The number of aromatic amines is 1. The number of aromatic nitrogens is 1. The second-order valence-electron chi connectivity index (χ2n) is 6.87. The van der Waals surface area contributed by atoms with Crippen LogP contribution in [0.25, 0.3) is 10.9 Å². The van der Waals surface area contributed by atoms with Crippen molar-refractivity contribution in [2.75, 3.05) is 18.0 Å². The van der Waals surface area contributed by atoms with Gasteiger partial charge in [-0.05, 0) is 43.2 Å². The van der Waals surface area contributed by atoms with Crippen LogP contribution in [0.1, 0.15) is 18.4 Å². The van der Waals surface area contributed by atoms with Crippen molar-refractivity contribution in [2.45, 2.75) is 12.8 Å². The number of hydrogen-bond donors (Lipinski definition) is 3. The van der Waals surface area contributed by atoms with Gasteiger partial charge in [-0.2, -0.15) is 0 Å². The summed E-state index contributed by atoms with van der Waals surface area (Å²) in [5, 5.41) is 11.0. The van der Waals surface area contributed by atoms with Crippen LogP contribution in [-0.4, -0.2) is 35.3 Å². The molecule has 2 heterocycles. The van der Waals surface area contributed by atoms with E-state index in [1.54, 1.807) is 6.21 Å². The van der Waals surface area contributed by atoms with E-state index in [1.165, 1.54) is 0 Å². The summed E-state index contributed by atoms with van der Waals surface area (Å²) >= 11 is 0. The van der Waals surface area contributed by atoms with Gasteiger partial charge < -0.3 is 20.7 Å². The van der Waals surface area contributed by atoms with Crippen molar-refractivity contribution < 1.29 is 9.90 Å². The van der Waals surface area contributed by atoms with Crippen LogP contribution in [0.2, 0.25) is 0 Å². The summed E-state index contributed by atoms with van der Waals surface area (Å²) in [5.74, 6) is -0.0808. The minimum atomic E-state index is -0.195. The number of nitrogens with one attached hydrogen (secondary N) is 1. The molecule has 1 aliphatic heterocycles. The number of benzene rings is 2. The first kappa shape index (κ1) is 17.1. The van der Waals surface area contributed by atoms with E-state index in [0.717, 1.165) is 48.2 Å². The number of rotatable bonds is 4. The van der Waals surface area contributed by atoms with Crippen molar-refractivity contribution in [3.63, 3.8) is 0 Å². The highest BCUT2D eigenvalue weighted by atomic mass is 16.3. The van der Waals surface area contributed by atoms with E-state index < -0.39 is 0 Å². The van der Waals surface area contributed by atoms with Crippen molar-refractivity contribution in [1.29, 1.82) is 0 Å². The minimum Gasteiger partial charge on any atom is -0.494 e. The number of amides is 1. The minimum absolute atomic E-state index is 0.00558. The third kappa shape index (κ3) is 3.51. The SMILES string of the molecule is NC(=O)C1CCN(c2ccc(N=Cc3c(O)[nH]c4ccccc34)cc2)CC1. The Kier molecular flexibility index (Phi) is 4.54. The number of hydrogen-bond acceptors (Lipinski definition) is 4. The van der Waals surface area contributed by atoms with E-state index in [9.17, 15) is 9.90 Å². The Bertz CT molecular complexity index is 983. The third-order valence-corrected chi connectivity index (χ3v) is 5.18. The molecule has 1 saturated heterocycles. The molecule has 2 aromatic carbocycles. The lowest BCUT2D eigenvalue weighted by atomic mass is 9.96. The van der Waals surface area contributed by atoms with E-state index in [-0.39, 0.29) is 17.7 Å². The number of fused-ring (bicyclic) bond motifs is 1. The Morgan fingerprint density at radius 3 is 2.56 bits per heavy atom.